The highest BCUT2D eigenvalue weighted by Crippen LogP contribution is 2.37. The Bertz CT molecular complexity index is 952. The molecule has 1 aliphatic rings. The minimum absolute atomic E-state index is 0.544. The van der Waals surface area contributed by atoms with Gasteiger partial charge in [0.15, 0.2) is 0 Å². The second-order valence-corrected chi connectivity index (χ2v) is 8.77. The van der Waals surface area contributed by atoms with Gasteiger partial charge in [-0.3, -0.25) is 0 Å². The third kappa shape index (κ3) is 6.78. The minimum Gasteiger partial charge on any atom is -0.372 e. The number of hydrogen-bond acceptors (Lipinski definition) is 5. The molecule has 6 nitrogen and oxygen atoms in total. The van der Waals surface area contributed by atoms with Crippen LogP contribution in [0.5, 0.6) is 0 Å². The number of aryl methyl sites for hydroxylation is 1. The third-order valence-electron chi connectivity index (χ3n) is 6.52. The first-order chi connectivity index (χ1) is 16.3. The predicted molar refractivity (Wildman–Crippen MR) is 140 cm³/mol. The molecule has 0 spiro atoms. The van der Waals surface area contributed by atoms with Gasteiger partial charge in [-0.05, 0) is 82.3 Å². The Hall–Kier alpha value is -2.44. The van der Waals surface area contributed by atoms with E-state index in [0.717, 1.165) is 55.4 Å². The van der Waals surface area contributed by atoms with E-state index in [0.29, 0.717) is 6.04 Å². The van der Waals surface area contributed by atoms with E-state index in [2.05, 4.69) is 73.9 Å². The van der Waals surface area contributed by atoms with E-state index in [1.54, 1.807) is 6.33 Å². The monoisotopic (exact) mass is 450 g/mol. The molecule has 6 heteroatoms. The summed E-state index contributed by atoms with van der Waals surface area (Å²) in [4.78, 5) is 8.98. The van der Waals surface area contributed by atoms with Crippen molar-refractivity contribution in [3.8, 4) is 0 Å². The van der Waals surface area contributed by atoms with Crippen LogP contribution >= 0.6 is 0 Å². The van der Waals surface area contributed by atoms with Gasteiger partial charge in [0.25, 0.3) is 0 Å². The van der Waals surface area contributed by atoms with Crippen molar-refractivity contribution < 1.29 is 0 Å². The lowest BCUT2D eigenvalue weighted by atomic mass is 10.1. The standard InChI is InChI=1S/C25H36N6.C2H6/c1-19-17-31(25-23(19)24(26-2)29-18-30-25)22-10-9-21(15-22)16-28-13-6-12-27-14-11-20-7-4-3-5-8-20;1-2/h3-5,7-8,17-18,21-22,27-28H,6,9-16H2,1-2H3,(H,26,29,30);1-2H3. The van der Waals surface area contributed by atoms with Gasteiger partial charge in [0, 0.05) is 19.3 Å². The molecule has 33 heavy (non-hydrogen) atoms. The van der Waals surface area contributed by atoms with Gasteiger partial charge in [-0.15, -0.1) is 0 Å². The topological polar surface area (TPSA) is 66.8 Å². The summed E-state index contributed by atoms with van der Waals surface area (Å²) in [6.07, 6.45) is 9.96. The van der Waals surface area contributed by atoms with Gasteiger partial charge in [-0.2, -0.15) is 0 Å². The molecule has 3 N–H and O–H groups in total. The fraction of sp³-hybridized carbons (Fsp3) is 0.556. The molecule has 2 aromatic heterocycles. The highest BCUT2D eigenvalue weighted by Gasteiger charge is 2.27. The van der Waals surface area contributed by atoms with E-state index in [-0.39, 0.29) is 0 Å². The molecule has 1 saturated carbocycles. The van der Waals surface area contributed by atoms with E-state index < -0.39 is 0 Å². The van der Waals surface area contributed by atoms with Crippen LogP contribution in [-0.4, -0.2) is 47.8 Å². The zero-order chi connectivity index (χ0) is 23.5. The number of nitrogens with one attached hydrogen (secondary N) is 3. The van der Waals surface area contributed by atoms with Crippen LogP contribution in [0.1, 0.15) is 56.7 Å². The number of fused-ring (bicyclic) bond motifs is 1. The number of benzene rings is 1. The van der Waals surface area contributed by atoms with Crippen LogP contribution in [0.2, 0.25) is 0 Å². The zero-order valence-electron chi connectivity index (χ0n) is 20.9. The SMILES string of the molecule is CC.CNc1ncnc2c1c(C)cn2C1CCC(CNCCCNCCc2ccccc2)C1. The van der Waals surface area contributed by atoms with Crippen LogP contribution in [0.15, 0.2) is 42.9 Å². The van der Waals surface area contributed by atoms with Crippen molar-refractivity contribution in [1.29, 1.82) is 0 Å². The second kappa shape index (κ2) is 13.3. The summed E-state index contributed by atoms with van der Waals surface area (Å²) in [5, 5.41) is 11.6. The van der Waals surface area contributed by atoms with Gasteiger partial charge >= 0.3 is 0 Å². The second-order valence-electron chi connectivity index (χ2n) is 8.77. The van der Waals surface area contributed by atoms with Crippen molar-refractivity contribution in [3.63, 3.8) is 0 Å². The Labute approximate surface area is 199 Å². The summed E-state index contributed by atoms with van der Waals surface area (Å²) < 4.78 is 2.39. The maximum Gasteiger partial charge on any atom is 0.145 e. The minimum atomic E-state index is 0.544. The van der Waals surface area contributed by atoms with E-state index in [1.807, 2.05) is 20.9 Å². The Morgan fingerprint density at radius 2 is 1.79 bits per heavy atom. The number of rotatable bonds is 11. The normalized spacial score (nSPS) is 17.7. The Morgan fingerprint density at radius 3 is 2.58 bits per heavy atom. The van der Waals surface area contributed by atoms with Gasteiger partial charge in [-0.25, -0.2) is 9.97 Å². The number of anilines is 1. The van der Waals surface area contributed by atoms with Crippen molar-refractivity contribution in [1.82, 2.24) is 25.2 Å². The number of aromatic nitrogens is 3. The Morgan fingerprint density at radius 1 is 1.00 bits per heavy atom. The lowest BCUT2D eigenvalue weighted by Crippen LogP contribution is -2.26. The molecular formula is C27H42N6. The third-order valence-corrected chi connectivity index (χ3v) is 6.52. The zero-order valence-corrected chi connectivity index (χ0v) is 20.9. The summed E-state index contributed by atoms with van der Waals surface area (Å²) >= 11 is 0. The van der Waals surface area contributed by atoms with Crippen LogP contribution < -0.4 is 16.0 Å². The van der Waals surface area contributed by atoms with E-state index in [4.69, 9.17) is 0 Å². The van der Waals surface area contributed by atoms with Crippen molar-refractivity contribution >= 4 is 16.9 Å². The molecule has 4 rings (SSSR count). The van der Waals surface area contributed by atoms with Crippen molar-refractivity contribution in [2.75, 3.05) is 38.5 Å². The van der Waals surface area contributed by atoms with E-state index in [9.17, 15) is 0 Å². The molecule has 0 amide bonds. The van der Waals surface area contributed by atoms with Crippen LogP contribution in [0.3, 0.4) is 0 Å². The molecule has 0 bridgehead atoms. The first kappa shape index (κ1) is 25.2. The molecule has 1 aromatic carbocycles. The number of nitrogens with zero attached hydrogens (tertiary/aromatic N) is 3. The summed E-state index contributed by atoms with van der Waals surface area (Å²) in [5.41, 5.74) is 3.72. The molecule has 3 aromatic rings. The maximum atomic E-state index is 4.60. The maximum absolute atomic E-state index is 4.60. The molecule has 2 heterocycles. The molecule has 0 radical (unpaired) electrons. The molecule has 1 aliphatic carbocycles. The first-order valence-corrected chi connectivity index (χ1v) is 12.7. The van der Waals surface area contributed by atoms with Crippen molar-refractivity contribution in [2.24, 2.45) is 5.92 Å². The van der Waals surface area contributed by atoms with Crippen LogP contribution in [0.4, 0.5) is 5.82 Å². The molecule has 1 fully saturated rings. The van der Waals surface area contributed by atoms with E-state index in [1.165, 1.54) is 36.8 Å². The molecule has 2 atom stereocenters. The van der Waals surface area contributed by atoms with Gasteiger partial charge in [0.05, 0.1) is 5.39 Å². The lowest BCUT2D eigenvalue weighted by Gasteiger charge is -2.15. The van der Waals surface area contributed by atoms with Crippen LogP contribution in [0, 0.1) is 12.8 Å². The quantitative estimate of drug-likeness (QED) is 0.360. The van der Waals surface area contributed by atoms with Gasteiger partial charge in [0.2, 0.25) is 0 Å². The smallest absolute Gasteiger partial charge is 0.145 e. The average Bonchev–Trinajstić information content (AvgIpc) is 3.47. The lowest BCUT2D eigenvalue weighted by molar-refractivity contribution is 0.452. The fourth-order valence-electron chi connectivity index (χ4n) is 4.87. The largest absolute Gasteiger partial charge is 0.372 e. The van der Waals surface area contributed by atoms with Crippen molar-refractivity contribution in [3.05, 3.63) is 54.0 Å². The van der Waals surface area contributed by atoms with Crippen LogP contribution in [0.25, 0.3) is 11.0 Å². The molecular weight excluding hydrogens is 408 g/mol. The molecule has 180 valence electrons. The number of hydrogen-bond donors (Lipinski definition) is 3. The average molecular weight is 451 g/mol. The summed E-state index contributed by atoms with van der Waals surface area (Å²) in [6, 6.07) is 11.2. The highest BCUT2D eigenvalue weighted by atomic mass is 15.1. The highest BCUT2D eigenvalue weighted by molar-refractivity contribution is 5.90. The van der Waals surface area contributed by atoms with Crippen molar-refractivity contribution in [2.45, 2.75) is 58.9 Å². The fourth-order valence-corrected chi connectivity index (χ4v) is 4.87. The van der Waals surface area contributed by atoms with Gasteiger partial charge < -0.3 is 20.5 Å². The summed E-state index contributed by atoms with van der Waals surface area (Å²) in [6.45, 7) is 10.5. The van der Waals surface area contributed by atoms with Gasteiger partial charge in [0.1, 0.15) is 17.8 Å². The van der Waals surface area contributed by atoms with Crippen LogP contribution in [-0.2, 0) is 6.42 Å². The predicted octanol–water partition coefficient (Wildman–Crippen LogP) is 4.96. The Kier molecular flexibility index (Phi) is 10.2. The summed E-state index contributed by atoms with van der Waals surface area (Å²) in [5.74, 6) is 1.68. The first-order valence-electron chi connectivity index (χ1n) is 12.7. The molecule has 0 saturated heterocycles. The summed E-state index contributed by atoms with van der Waals surface area (Å²) in [7, 11) is 1.93. The molecule has 0 aliphatic heterocycles. The Balaban J connectivity index is 0.00000149. The van der Waals surface area contributed by atoms with E-state index >= 15 is 0 Å². The molecule has 2 unspecified atom stereocenters. The van der Waals surface area contributed by atoms with Gasteiger partial charge in [-0.1, -0.05) is 44.2 Å².